The Morgan fingerprint density at radius 1 is 1.07 bits per heavy atom. The third kappa shape index (κ3) is 4.30. The molecule has 1 fully saturated rings. The lowest BCUT2D eigenvalue weighted by Gasteiger charge is -2.13. The van der Waals surface area contributed by atoms with E-state index in [9.17, 15) is 9.59 Å². The van der Waals surface area contributed by atoms with Gasteiger partial charge in [0.1, 0.15) is 5.75 Å². The van der Waals surface area contributed by atoms with Gasteiger partial charge in [0.2, 0.25) is 0 Å². The SMILES string of the molecule is CCCOc1ccc2ccccc2c1/C=C1\SC(=O)N(Cc2cccc(Br)c2)C1=O. The van der Waals surface area contributed by atoms with Gasteiger partial charge in [-0.1, -0.05) is 65.3 Å². The highest BCUT2D eigenvalue weighted by Gasteiger charge is 2.35. The van der Waals surface area contributed by atoms with Crippen molar-refractivity contribution in [2.75, 3.05) is 6.61 Å². The molecule has 1 saturated heterocycles. The van der Waals surface area contributed by atoms with E-state index < -0.39 is 0 Å². The molecule has 3 aromatic carbocycles. The lowest BCUT2D eigenvalue weighted by atomic mass is 10.0. The number of carbonyl (C=O) groups is 2. The quantitative estimate of drug-likeness (QED) is 0.370. The average molecular weight is 482 g/mol. The topological polar surface area (TPSA) is 46.6 Å². The molecule has 4 rings (SSSR count). The van der Waals surface area contributed by atoms with Crippen LogP contribution >= 0.6 is 27.7 Å². The summed E-state index contributed by atoms with van der Waals surface area (Å²) in [6.45, 7) is 2.88. The van der Waals surface area contributed by atoms with Gasteiger partial charge in [0.15, 0.2) is 0 Å². The number of hydrogen-bond acceptors (Lipinski definition) is 4. The maximum atomic E-state index is 13.0. The number of rotatable bonds is 6. The summed E-state index contributed by atoms with van der Waals surface area (Å²) in [5.74, 6) is 0.439. The summed E-state index contributed by atoms with van der Waals surface area (Å²) in [5, 5.41) is 1.79. The molecule has 0 saturated carbocycles. The molecule has 0 radical (unpaired) electrons. The van der Waals surface area contributed by atoms with Crippen LogP contribution in [0.5, 0.6) is 5.75 Å². The first-order valence-corrected chi connectivity index (χ1v) is 11.3. The van der Waals surface area contributed by atoms with Gasteiger partial charge in [0, 0.05) is 10.0 Å². The van der Waals surface area contributed by atoms with Crippen LogP contribution in [0.4, 0.5) is 4.79 Å². The Kier molecular flexibility index (Phi) is 6.25. The summed E-state index contributed by atoms with van der Waals surface area (Å²) in [4.78, 5) is 27.3. The number of thioether (sulfide) groups is 1. The number of fused-ring (bicyclic) bond motifs is 1. The van der Waals surface area contributed by atoms with E-state index in [2.05, 4.69) is 15.9 Å². The van der Waals surface area contributed by atoms with Gasteiger partial charge in [-0.25, -0.2) is 0 Å². The maximum absolute atomic E-state index is 13.0. The first-order chi connectivity index (χ1) is 14.6. The first-order valence-electron chi connectivity index (χ1n) is 9.71. The largest absolute Gasteiger partial charge is 0.493 e. The summed E-state index contributed by atoms with van der Waals surface area (Å²) >= 11 is 4.40. The molecule has 1 aliphatic rings. The molecule has 0 aromatic heterocycles. The van der Waals surface area contributed by atoms with Crippen LogP contribution in [0.2, 0.25) is 0 Å². The Balaban J connectivity index is 1.70. The molecule has 4 nitrogen and oxygen atoms in total. The van der Waals surface area contributed by atoms with Gasteiger partial charge in [-0.2, -0.15) is 0 Å². The van der Waals surface area contributed by atoms with Crippen LogP contribution in [0.25, 0.3) is 16.8 Å². The second kappa shape index (κ2) is 9.06. The molecule has 152 valence electrons. The first kappa shape index (κ1) is 20.7. The van der Waals surface area contributed by atoms with Gasteiger partial charge in [-0.15, -0.1) is 0 Å². The second-order valence-electron chi connectivity index (χ2n) is 6.94. The van der Waals surface area contributed by atoms with Crippen LogP contribution in [-0.2, 0) is 11.3 Å². The van der Waals surface area contributed by atoms with Gasteiger partial charge in [-0.05, 0) is 58.8 Å². The highest BCUT2D eigenvalue weighted by molar-refractivity contribution is 9.10. The van der Waals surface area contributed by atoms with Crippen molar-refractivity contribution in [3.05, 3.63) is 81.2 Å². The standard InChI is InChI=1S/C24H20BrNO3S/c1-2-12-29-21-11-10-17-7-3-4-9-19(17)20(21)14-22-23(27)26(24(28)30-22)15-16-6-5-8-18(25)13-16/h3-11,13-14H,2,12,15H2,1H3/b22-14-. The van der Waals surface area contributed by atoms with Crippen molar-refractivity contribution < 1.29 is 14.3 Å². The van der Waals surface area contributed by atoms with Crippen LogP contribution < -0.4 is 4.74 Å². The fraction of sp³-hybridized carbons (Fsp3) is 0.167. The van der Waals surface area contributed by atoms with E-state index >= 15 is 0 Å². The Labute approximate surface area is 188 Å². The predicted octanol–water partition coefficient (Wildman–Crippen LogP) is 6.63. The second-order valence-corrected chi connectivity index (χ2v) is 8.85. The van der Waals surface area contributed by atoms with Crippen LogP contribution in [0.3, 0.4) is 0 Å². The van der Waals surface area contributed by atoms with Gasteiger partial charge in [0.25, 0.3) is 11.1 Å². The monoisotopic (exact) mass is 481 g/mol. The van der Waals surface area contributed by atoms with Gasteiger partial charge in [0.05, 0.1) is 18.1 Å². The van der Waals surface area contributed by atoms with Crippen LogP contribution in [0, 0.1) is 0 Å². The van der Waals surface area contributed by atoms with E-state index in [1.165, 1.54) is 4.90 Å². The van der Waals surface area contributed by atoms with Crippen LogP contribution in [0.15, 0.2) is 70.0 Å². The molecule has 3 aromatic rings. The van der Waals surface area contributed by atoms with E-state index in [1.54, 1.807) is 6.08 Å². The number of carbonyl (C=O) groups excluding carboxylic acids is 2. The molecule has 1 heterocycles. The third-order valence-corrected chi connectivity index (χ3v) is 6.17. The Bertz CT molecular complexity index is 1160. The van der Waals surface area contributed by atoms with E-state index in [-0.39, 0.29) is 17.7 Å². The molecular formula is C24H20BrNO3S. The summed E-state index contributed by atoms with van der Waals surface area (Å²) < 4.78 is 6.85. The number of halogens is 1. The van der Waals surface area contributed by atoms with Gasteiger partial charge < -0.3 is 4.74 Å². The molecule has 30 heavy (non-hydrogen) atoms. The zero-order chi connectivity index (χ0) is 21.1. The number of amides is 2. The molecule has 0 bridgehead atoms. The molecule has 0 atom stereocenters. The normalized spacial score (nSPS) is 15.4. The summed E-state index contributed by atoms with van der Waals surface area (Å²) in [5.41, 5.74) is 1.72. The number of imide groups is 1. The molecule has 2 amide bonds. The summed E-state index contributed by atoms with van der Waals surface area (Å²) in [7, 11) is 0. The number of ether oxygens (including phenoxy) is 1. The predicted molar refractivity (Wildman–Crippen MR) is 125 cm³/mol. The van der Waals surface area contributed by atoms with Gasteiger partial charge >= 0.3 is 0 Å². The molecule has 0 aliphatic carbocycles. The minimum Gasteiger partial charge on any atom is -0.493 e. The van der Waals surface area contributed by atoms with Crippen molar-refractivity contribution in [2.45, 2.75) is 19.9 Å². The van der Waals surface area contributed by atoms with Gasteiger partial charge in [-0.3, -0.25) is 14.5 Å². The molecule has 0 N–H and O–H groups in total. The Morgan fingerprint density at radius 3 is 2.70 bits per heavy atom. The zero-order valence-electron chi connectivity index (χ0n) is 16.4. The summed E-state index contributed by atoms with van der Waals surface area (Å²) in [6, 6.07) is 19.5. The van der Waals surface area contributed by atoms with E-state index in [0.29, 0.717) is 17.3 Å². The van der Waals surface area contributed by atoms with Crippen molar-refractivity contribution in [2.24, 2.45) is 0 Å². The van der Waals surface area contributed by atoms with Crippen molar-refractivity contribution in [1.82, 2.24) is 4.90 Å². The Hall–Kier alpha value is -2.57. The molecule has 6 heteroatoms. The van der Waals surface area contributed by atoms with Crippen LogP contribution in [0.1, 0.15) is 24.5 Å². The number of benzene rings is 3. The van der Waals surface area contributed by atoms with Crippen molar-refractivity contribution >= 4 is 55.7 Å². The molecule has 1 aliphatic heterocycles. The minimum atomic E-state index is -0.278. The van der Waals surface area contributed by atoms with Crippen molar-refractivity contribution in [3.63, 3.8) is 0 Å². The fourth-order valence-corrected chi connectivity index (χ4v) is 4.61. The highest BCUT2D eigenvalue weighted by atomic mass is 79.9. The van der Waals surface area contributed by atoms with Crippen molar-refractivity contribution in [3.8, 4) is 5.75 Å². The molecular weight excluding hydrogens is 462 g/mol. The Morgan fingerprint density at radius 2 is 1.90 bits per heavy atom. The lowest BCUT2D eigenvalue weighted by molar-refractivity contribution is -0.123. The number of hydrogen-bond donors (Lipinski definition) is 0. The average Bonchev–Trinajstić information content (AvgIpc) is 3.00. The fourth-order valence-electron chi connectivity index (χ4n) is 3.35. The summed E-state index contributed by atoms with van der Waals surface area (Å²) in [6.07, 6.45) is 2.68. The lowest BCUT2D eigenvalue weighted by Crippen LogP contribution is -2.27. The maximum Gasteiger partial charge on any atom is 0.293 e. The molecule has 0 unspecified atom stereocenters. The zero-order valence-corrected chi connectivity index (χ0v) is 18.8. The van der Waals surface area contributed by atoms with Crippen LogP contribution in [-0.4, -0.2) is 22.7 Å². The van der Waals surface area contributed by atoms with E-state index in [0.717, 1.165) is 44.6 Å². The smallest absolute Gasteiger partial charge is 0.293 e. The number of nitrogens with zero attached hydrogens (tertiary/aromatic N) is 1. The minimum absolute atomic E-state index is 0.246. The third-order valence-electron chi connectivity index (χ3n) is 4.77. The molecule has 0 spiro atoms. The van der Waals surface area contributed by atoms with E-state index in [1.807, 2.05) is 67.6 Å². The van der Waals surface area contributed by atoms with E-state index in [4.69, 9.17) is 4.74 Å². The van der Waals surface area contributed by atoms with Crippen molar-refractivity contribution in [1.29, 1.82) is 0 Å². The highest BCUT2D eigenvalue weighted by Crippen LogP contribution is 2.37.